The summed E-state index contributed by atoms with van der Waals surface area (Å²) in [6.45, 7) is 5.74. The second-order valence-corrected chi connectivity index (χ2v) is 5.38. The number of hydrogen-bond donors (Lipinski definition) is 3. The van der Waals surface area contributed by atoms with Crippen LogP contribution in [0.3, 0.4) is 0 Å². The third-order valence-corrected chi connectivity index (χ3v) is 2.35. The van der Waals surface area contributed by atoms with Crippen molar-refractivity contribution in [2.45, 2.75) is 26.4 Å². The average Bonchev–Trinajstić information content (AvgIpc) is 2.41. The minimum Gasteiger partial charge on any atom is -0.444 e. The summed E-state index contributed by atoms with van der Waals surface area (Å²) in [5.41, 5.74) is 2.87. The highest BCUT2D eigenvalue weighted by atomic mass is 16.6. The van der Waals surface area contributed by atoms with Gasteiger partial charge < -0.3 is 10.1 Å². The van der Waals surface area contributed by atoms with Gasteiger partial charge >= 0.3 is 6.09 Å². The van der Waals surface area contributed by atoms with Crippen LogP contribution in [0.5, 0.6) is 0 Å². The molecule has 0 radical (unpaired) electrons. The number of alkyl carbamates (subject to hydrolysis) is 1. The summed E-state index contributed by atoms with van der Waals surface area (Å²) in [5.74, 6) is 4.73. The molecule has 0 aliphatic carbocycles. The summed E-state index contributed by atoms with van der Waals surface area (Å²) in [6.07, 6.45) is 3.09. The predicted octanol–water partition coefficient (Wildman–Crippen LogP) is 1.83. The Kier molecular flexibility index (Phi) is 5.92. The summed E-state index contributed by atoms with van der Waals surface area (Å²) in [4.78, 5) is 22.8. The van der Waals surface area contributed by atoms with E-state index in [2.05, 4.69) is 10.7 Å². The number of nitrogens with one attached hydrogen (secondary N) is 2. The average molecular weight is 291 g/mol. The number of rotatable bonds is 4. The van der Waals surface area contributed by atoms with Crippen molar-refractivity contribution >= 4 is 18.1 Å². The van der Waals surface area contributed by atoms with Gasteiger partial charge in [-0.05, 0) is 38.5 Å². The molecule has 6 nitrogen and oxygen atoms in total. The van der Waals surface area contributed by atoms with E-state index < -0.39 is 11.7 Å². The van der Waals surface area contributed by atoms with Crippen LogP contribution in [-0.2, 0) is 4.74 Å². The zero-order valence-corrected chi connectivity index (χ0v) is 12.5. The lowest BCUT2D eigenvalue weighted by Crippen LogP contribution is -2.32. The molecule has 0 aromatic heterocycles. The molecular weight excluding hydrogens is 270 g/mol. The van der Waals surface area contributed by atoms with Crippen molar-refractivity contribution in [1.29, 1.82) is 0 Å². The number of hydrogen-bond acceptors (Lipinski definition) is 4. The maximum atomic E-state index is 11.4. The molecule has 0 spiro atoms. The SMILES string of the molecule is CC(C)(C)OC(=O)NCC=Cc1cccc(C(=O)NN)c1. The van der Waals surface area contributed by atoms with Gasteiger partial charge in [-0.25, -0.2) is 10.6 Å². The lowest BCUT2D eigenvalue weighted by atomic mass is 10.1. The molecule has 2 amide bonds. The first-order valence-corrected chi connectivity index (χ1v) is 6.56. The van der Waals surface area contributed by atoms with Crippen molar-refractivity contribution in [1.82, 2.24) is 10.7 Å². The fourth-order valence-electron chi connectivity index (χ4n) is 1.52. The molecule has 6 heteroatoms. The van der Waals surface area contributed by atoms with E-state index in [0.717, 1.165) is 5.56 Å². The van der Waals surface area contributed by atoms with E-state index in [9.17, 15) is 9.59 Å². The van der Waals surface area contributed by atoms with Crippen LogP contribution in [0.25, 0.3) is 6.08 Å². The van der Waals surface area contributed by atoms with Gasteiger partial charge in [0.05, 0.1) is 0 Å². The molecule has 0 heterocycles. The Hall–Kier alpha value is -2.34. The number of nitrogens with two attached hydrogens (primary N) is 1. The van der Waals surface area contributed by atoms with Gasteiger partial charge in [-0.2, -0.15) is 0 Å². The molecule has 0 bridgehead atoms. The minimum atomic E-state index is -0.516. The molecule has 0 saturated carbocycles. The number of amides is 2. The molecule has 0 fully saturated rings. The minimum absolute atomic E-state index is 0.336. The smallest absolute Gasteiger partial charge is 0.407 e. The van der Waals surface area contributed by atoms with Crippen molar-refractivity contribution in [2.75, 3.05) is 6.54 Å². The Morgan fingerprint density at radius 3 is 2.67 bits per heavy atom. The highest BCUT2D eigenvalue weighted by Gasteiger charge is 2.14. The molecule has 1 rings (SSSR count). The van der Waals surface area contributed by atoms with Gasteiger partial charge in [0, 0.05) is 12.1 Å². The van der Waals surface area contributed by atoms with Crippen LogP contribution >= 0.6 is 0 Å². The van der Waals surface area contributed by atoms with Crippen LogP contribution in [0.4, 0.5) is 4.79 Å². The predicted molar refractivity (Wildman–Crippen MR) is 81.4 cm³/mol. The van der Waals surface area contributed by atoms with Gasteiger partial charge in [-0.3, -0.25) is 10.2 Å². The van der Waals surface area contributed by atoms with E-state index in [1.54, 1.807) is 51.1 Å². The fourth-order valence-corrected chi connectivity index (χ4v) is 1.52. The zero-order chi connectivity index (χ0) is 15.9. The summed E-state index contributed by atoms with van der Waals surface area (Å²) in [6, 6.07) is 6.97. The van der Waals surface area contributed by atoms with Crippen molar-refractivity contribution in [3.63, 3.8) is 0 Å². The number of carbonyl (C=O) groups excluding carboxylic acids is 2. The van der Waals surface area contributed by atoms with Crippen LogP contribution in [0.15, 0.2) is 30.3 Å². The largest absolute Gasteiger partial charge is 0.444 e. The molecule has 0 aliphatic rings. The van der Waals surface area contributed by atoms with Crippen LogP contribution in [0, 0.1) is 0 Å². The Morgan fingerprint density at radius 2 is 2.05 bits per heavy atom. The molecule has 0 saturated heterocycles. The fraction of sp³-hybridized carbons (Fsp3) is 0.333. The first kappa shape index (κ1) is 16.7. The first-order chi connectivity index (χ1) is 9.81. The standard InChI is InChI=1S/C15H21N3O3/c1-15(2,3)21-14(20)17-9-5-7-11-6-4-8-12(10-11)13(19)18-16/h4-8,10H,9,16H2,1-3H3,(H,17,20)(H,18,19). The maximum absolute atomic E-state index is 11.4. The molecule has 4 N–H and O–H groups in total. The van der Waals surface area contributed by atoms with Crippen molar-refractivity contribution in [3.05, 3.63) is 41.5 Å². The lowest BCUT2D eigenvalue weighted by molar-refractivity contribution is 0.0534. The van der Waals surface area contributed by atoms with Crippen molar-refractivity contribution in [2.24, 2.45) is 5.84 Å². The van der Waals surface area contributed by atoms with Gasteiger partial charge in [0.15, 0.2) is 0 Å². The third kappa shape index (κ3) is 6.58. The van der Waals surface area contributed by atoms with Crippen LogP contribution in [0.1, 0.15) is 36.7 Å². The van der Waals surface area contributed by atoms with E-state index in [0.29, 0.717) is 12.1 Å². The van der Waals surface area contributed by atoms with Gasteiger partial charge in [0.25, 0.3) is 5.91 Å². The van der Waals surface area contributed by atoms with Crippen LogP contribution in [0.2, 0.25) is 0 Å². The van der Waals surface area contributed by atoms with Crippen molar-refractivity contribution < 1.29 is 14.3 Å². The first-order valence-electron chi connectivity index (χ1n) is 6.56. The lowest BCUT2D eigenvalue weighted by Gasteiger charge is -2.19. The van der Waals surface area contributed by atoms with Gasteiger partial charge in [0.1, 0.15) is 5.60 Å². The Bertz CT molecular complexity index is 533. The molecule has 0 unspecified atom stereocenters. The highest BCUT2D eigenvalue weighted by Crippen LogP contribution is 2.07. The van der Waals surface area contributed by atoms with Crippen molar-refractivity contribution in [3.8, 4) is 0 Å². The quantitative estimate of drug-likeness (QED) is 0.448. The molecule has 0 aliphatic heterocycles. The second kappa shape index (κ2) is 7.44. The molecule has 1 aromatic carbocycles. The van der Waals surface area contributed by atoms with E-state index in [-0.39, 0.29) is 5.91 Å². The number of carbonyl (C=O) groups is 2. The molecule has 1 aromatic rings. The number of nitrogen functional groups attached to an aromatic ring is 1. The summed E-state index contributed by atoms with van der Waals surface area (Å²) in [7, 11) is 0. The topological polar surface area (TPSA) is 93.4 Å². The normalized spacial score (nSPS) is 11.2. The number of ether oxygens (including phenoxy) is 1. The monoisotopic (exact) mass is 291 g/mol. The van der Waals surface area contributed by atoms with E-state index in [4.69, 9.17) is 10.6 Å². The second-order valence-electron chi connectivity index (χ2n) is 5.38. The van der Waals surface area contributed by atoms with E-state index in [1.807, 2.05) is 6.07 Å². The molecule has 114 valence electrons. The zero-order valence-electron chi connectivity index (χ0n) is 12.5. The highest BCUT2D eigenvalue weighted by molar-refractivity contribution is 5.94. The summed E-state index contributed by atoms with van der Waals surface area (Å²) >= 11 is 0. The van der Waals surface area contributed by atoms with Gasteiger partial charge in [-0.1, -0.05) is 24.3 Å². The Labute approximate surface area is 124 Å². The van der Waals surface area contributed by atoms with Gasteiger partial charge in [0.2, 0.25) is 0 Å². The van der Waals surface area contributed by atoms with Crippen LogP contribution < -0.4 is 16.6 Å². The van der Waals surface area contributed by atoms with E-state index in [1.165, 1.54) is 0 Å². The van der Waals surface area contributed by atoms with Gasteiger partial charge in [-0.15, -0.1) is 0 Å². The number of hydrazine groups is 1. The Morgan fingerprint density at radius 1 is 1.33 bits per heavy atom. The third-order valence-electron chi connectivity index (χ3n) is 2.35. The number of benzene rings is 1. The molecular formula is C15H21N3O3. The molecule has 21 heavy (non-hydrogen) atoms. The van der Waals surface area contributed by atoms with E-state index >= 15 is 0 Å². The summed E-state index contributed by atoms with van der Waals surface area (Å²) < 4.78 is 5.10. The Balaban J connectivity index is 2.51. The molecule has 0 atom stereocenters. The van der Waals surface area contributed by atoms with Crippen LogP contribution in [-0.4, -0.2) is 24.1 Å². The summed E-state index contributed by atoms with van der Waals surface area (Å²) in [5, 5.41) is 2.61. The maximum Gasteiger partial charge on any atom is 0.407 e.